The predicted octanol–water partition coefficient (Wildman–Crippen LogP) is 3.16. The van der Waals surface area contributed by atoms with E-state index in [1.165, 1.54) is 16.7 Å². The van der Waals surface area contributed by atoms with E-state index in [0.29, 0.717) is 0 Å². The van der Waals surface area contributed by atoms with E-state index >= 15 is 0 Å². The summed E-state index contributed by atoms with van der Waals surface area (Å²) in [5.41, 5.74) is 4.35. The summed E-state index contributed by atoms with van der Waals surface area (Å²) in [5, 5.41) is 1.62. The highest BCUT2D eigenvalue weighted by Gasteiger charge is 2.19. The molecular weight excluding hydrogens is 172 g/mol. The minimum atomic E-state index is -1.14. The molecular formula is C12H20Si. The first-order chi connectivity index (χ1) is 5.82. The average Bonchev–Trinajstić information content (AvgIpc) is 1.94. The van der Waals surface area contributed by atoms with Gasteiger partial charge in [-0.3, -0.25) is 0 Å². The molecule has 0 N–H and O–H groups in total. The zero-order valence-electron chi connectivity index (χ0n) is 9.65. The molecule has 1 aromatic rings. The first kappa shape index (κ1) is 10.5. The van der Waals surface area contributed by atoms with Crippen molar-refractivity contribution in [1.82, 2.24) is 0 Å². The lowest BCUT2D eigenvalue weighted by Gasteiger charge is -2.21. The van der Waals surface area contributed by atoms with Gasteiger partial charge in [0.25, 0.3) is 0 Å². The maximum Gasteiger partial charge on any atom is 0.0779 e. The molecule has 0 unspecified atom stereocenters. The second kappa shape index (κ2) is 3.30. The molecule has 0 aromatic heterocycles. The highest BCUT2D eigenvalue weighted by molar-refractivity contribution is 6.89. The van der Waals surface area contributed by atoms with E-state index in [9.17, 15) is 0 Å². The molecule has 0 atom stereocenters. The molecule has 0 heterocycles. The van der Waals surface area contributed by atoms with E-state index in [1.807, 2.05) is 0 Å². The summed E-state index contributed by atoms with van der Waals surface area (Å²) in [5.74, 6) is 0. The third-order valence-corrected chi connectivity index (χ3v) is 4.76. The molecule has 0 amide bonds. The van der Waals surface area contributed by atoms with Crippen molar-refractivity contribution in [3.8, 4) is 0 Å². The van der Waals surface area contributed by atoms with Gasteiger partial charge < -0.3 is 0 Å². The van der Waals surface area contributed by atoms with Gasteiger partial charge in [0.1, 0.15) is 0 Å². The number of hydrogen-bond acceptors (Lipinski definition) is 0. The van der Waals surface area contributed by atoms with Crippen molar-refractivity contribution < 1.29 is 0 Å². The second-order valence-electron chi connectivity index (χ2n) is 5.00. The van der Waals surface area contributed by atoms with Crippen molar-refractivity contribution in [2.45, 2.75) is 40.4 Å². The Bertz CT molecular complexity index is 319. The van der Waals surface area contributed by atoms with Gasteiger partial charge in [0.05, 0.1) is 8.07 Å². The third kappa shape index (κ3) is 2.22. The minimum absolute atomic E-state index is 1.14. The Hall–Kier alpha value is -0.563. The van der Waals surface area contributed by atoms with E-state index in [0.717, 1.165) is 0 Å². The molecule has 0 spiro atoms. The van der Waals surface area contributed by atoms with Crippen molar-refractivity contribution in [3.05, 3.63) is 28.8 Å². The molecule has 1 aromatic carbocycles. The van der Waals surface area contributed by atoms with Crippen LogP contribution in [0.4, 0.5) is 0 Å². The van der Waals surface area contributed by atoms with Crippen LogP contribution in [0.15, 0.2) is 12.1 Å². The third-order valence-electron chi connectivity index (χ3n) is 2.62. The van der Waals surface area contributed by atoms with Crippen LogP contribution in [0, 0.1) is 20.8 Å². The number of aryl methyl sites for hydroxylation is 2. The molecule has 0 radical (unpaired) electrons. The number of benzene rings is 1. The largest absolute Gasteiger partial charge is 0.0779 e. The summed E-state index contributed by atoms with van der Waals surface area (Å²) >= 11 is 0. The van der Waals surface area contributed by atoms with Crippen molar-refractivity contribution >= 4 is 13.3 Å². The van der Waals surface area contributed by atoms with E-state index in [1.54, 1.807) is 5.19 Å². The predicted molar refractivity (Wildman–Crippen MR) is 63.6 cm³/mol. The lowest BCUT2D eigenvalue weighted by atomic mass is 10.1. The van der Waals surface area contributed by atoms with E-state index in [4.69, 9.17) is 0 Å². The van der Waals surface area contributed by atoms with Crippen LogP contribution < -0.4 is 5.19 Å². The number of rotatable bonds is 1. The minimum Gasteiger partial charge on any atom is -0.0656 e. The van der Waals surface area contributed by atoms with Gasteiger partial charge in [0.2, 0.25) is 0 Å². The Balaban J connectivity index is 3.37. The van der Waals surface area contributed by atoms with Crippen molar-refractivity contribution in [2.24, 2.45) is 0 Å². The van der Waals surface area contributed by atoms with Gasteiger partial charge in [-0.25, -0.2) is 0 Å². The van der Waals surface area contributed by atoms with Crippen LogP contribution in [0.1, 0.15) is 16.7 Å². The molecule has 13 heavy (non-hydrogen) atoms. The maximum atomic E-state index is 2.41. The van der Waals surface area contributed by atoms with Crippen LogP contribution in [-0.4, -0.2) is 8.07 Å². The SMILES string of the molecule is Cc1cc(C)c(C)c([Si](C)(C)C)c1. The fourth-order valence-corrected chi connectivity index (χ4v) is 3.80. The Kier molecular flexibility index (Phi) is 2.67. The van der Waals surface area contributed by atoms with Gasteiger partial charge in [-0.15, -0.1) is 0 Å². The zero-order chi connectivity index (χ0) is 10.2. The van der Waals surface area contributed by atoms with Crippen LogP contribution in [0.25, 0.3) is 0 Å². The molecule has 0 nitrogen and oxygen atoms in total. The van der Waals surface area contributed by atoms with Crippen molar-refractivity contribution in [2.75, 3.05) is 0 Å². The molecule has 0 saturated heterocycles. The smallest absolute Gasteiger partial charge is 0.0656 e. The first-order valence-electron chi connectivity index (χ1n) is 4.90. The molecule has 1 rings (SSSR count). The lowest BCUT2D eigenvalue weighted by Crippen LogP contribution is -2.40. The summed E-state index contributed by atoms with van der Waals surface area (Å²) in [6.45, 7) is 13.9. The Labute approximate surface area is 83.0 Å². The Morgan fingerprint density at radius 2 is 1.46 bits per heavy atom. The van der Waals surface area contributed by atoms with Crippen molar-refractivity contribution in [1.29, 1.82) is 0 Å². The lowest BCUT2D eigenvalue weighted by molar-refractivity contribution is 1.31. The highest BCUT2D eigenvalue weighted by atomic mass is 28.3. The molecule has 0 bridgehead atoms. The van der Waals surface area contributed by atoms with Crippen LogP contribution in [0.5, 0.6) is 0 Å². The van der Waals surface area contributed by atoms with Gasteiger partial charge in [0, 0.05) is 0 Å². The Morgan fingerprint density at radius 3 is 1.92 bits per heavy atom. The van der Waals surface area contributed by atoms with E-state index in [-0.39, 0.29) is 0 Å². The normalized spacial score (nSPS) is 11.8. The number of hydrogen-bond donors (Lipinski definition) is 0. The fourth-order valence-electron chi connectivity index (χ4n) is 1.82. The standard InChI is InChI=1S/C12H20Si/c1-9-7-10(2)11(3)12(8-9)13(4,5)6/h7-8H,1-6H3. The van der Waals surface area contributed by atoms with Gasteiger partial charge in [-0.05, 0) is 31.9 Å². The average molecular weight is 192 g/mol. The molecule has 0 fully saturated rings. The van der Waals surface area contributed by atoms with Gasteiger partial charge in [0.15, 0.2) is 0 Å². The van der Waals surface area contributed by atoms with Gasteiger partial charge in [-0.2, -0.15) is 0 Å². The fraction of sp³-hybridized carbons (Fsp3) is 0.500. The van der Waals surface area contributed by atoms with Gasteiger partial charge >= 0.3 is 0 Å². The molecule has 0 saturated carbocycles. The summed E-state index contributed by atoms with van der Waals surface area (Å²) < 4.78 is 0. The summed E-state index contributed by atoms with van der Waals surface area (Å²) in [6.07, 6.45) is 0. The summed E-state index contributed by atoms with van der Waals surface area (Å²) in [6, 6.07) is 4.65. The Morgan fingerprint density at radius 1 is 0.923 bits per heavy atom. The van der Waals surface area contributed by atoms with E-state index < -0.39 is 8.07 Å². The monoisotopic (exact) mass is 192 g/mol. The molecule has 0 aliphatic heterocycles. The van der Waals surface area contributed by atoms with Gasteiger partial charge in [-0.1, -0.05) is 42.5 Å². The first-order valence-corrected chi connectivity index (χ1v) is 8.40. The molecule has 0 aliphatic carbocycles. The van der Waals surface area contributed by atoms with Crippen LogP contribution in [0.2, 0.25) is 19.6 Å². The van der Waals surface area contributed by atoms with Crippen LogP contribution in [-0.2, 0) is 0 Å². The topological polar surface area (TPSA) is 0 Å². The second-order valence-corrected chi connectivity index (χ2v) is 10.0. The molecule has 1 heteroatoms. The maximum absolute atomic E-state index is 2.41. The van der Waals surface area contributed by atoms with Crippen LogP contribution >= 0.6 is 0 Å². The van der Waals surface area contributed by atoms with E-state index in [2.05, 4.69) is 52.5 Å². The zero-order valence-corrected chi connectivity index (χ0v) is 10.7. The van der Waals surface area contributed by atoms with Crippen LogP contribution in [0.3, 0.4) is 0 Å². The summed E-state index contributed by atoms with van der Waals surface area (Å²) in [7, 11) is -1.14. The quantitative estimate of drug-likeness (QED) is 0.600. The molecule has 0 aliphatic rings. The summed E-state index contributed by atoms with van der Waals surface area (Å²) in [4.78, 5) is 0. The highest BCUT2D eigenvalue weighted by Crippen LogP contribution is 2.12. The van der Waals surface area contributed by atoms with Crippen molar-refractivity contribution in [3.63, 3.8) is 0 Å². The molecule has 72 valence electrons.